The Balaban J connectivity index is 1.47. The summed E-state index contributed by atoms with van der Waals surface area (Å²) in [6.45, 7) is 1.64. The molecule has 32 heavy (non-hydrogen) atoms. The van der Waals surface area contributed by atoms with Gasteiger partial charge in [-0.05, 0) is 49.0 Å². The third kappa shape index (κ3) is 4.20. The van der Waals surface area contributed by atoms with E-state index in [2.05, 4.69) is 34.5 Å². The molecule has 6 nitrogen and oxygen atoms in total. The molecule has 0 spiro atoms. The number of pyridine rings is 1. The molecule has 4 heterocycles. The number of hydrogen-bond donors (Lipinski definition) is 1. The first-order valence-electron chi connectivity index (χ1n) is 10.6. The van der Waals surface area contributed by atoms with Gasteiger partial charge in [-0.25, -0.2) is 4.98 Å². The predicted octanol–water partition coefficient (Wildman–Crippen LogP) is 3.64. The molecule has 0 aliphatic carbocycles. The average molecular weight is 463 g/mol. The van der Waals surface area contributed by atoms with Crippen LogP contribution < -0.4 is 15.8 Å². The van der Waals surface area contributed by atoms with Gasteiger partial charge in [-0.1, -0.05) is 60.4 Å². The molecule has 8 heteroatoms. The van der Waals surface area contributed by atoms with Gasteiger partial charge in [-0.15, -0.1) is 0 Å². The van der Waals surface area contributed by atoms with Crippen molar-refractivity contribution >= 4 is 51.7 Å². The molecule has 2 fully saturated rings. The van der Waals surface area contributed by atoms with E-state index < -0.39 is 0 Å². The topological polar surface area (TPSA) is 66.7 Å². The van der Waals surface area contributed by atoms with Gasteiger partial charge in [0.15, 0.2) is 0 Å². The molecule has 0 bridgehead atoms. The summed E-state index contributed by atoms with van der Waals surface area (Å²) in [6.07, 6.45) is 6.46. The largest absolute Gasteiger partial charge is 0.356 e. The lowest BCUT2D eigenvalue weighted by Gasteiger charge is -2.33. The Morgan fingerprint density at radius 3 is 2.56 bits per heavy atom. The SMILES string of the molecule is O=C1NC(=S)S/C1=C\c1c(N2CCC(Cc3ccccc3)CC2)nc2ccccn2c1=O. The maximum Gasteiger partial charge on any atom is 0.267 e. The van der Waals surface area contributed by atoms with Crippen LogP contribution in [0, 0.1) is 5.92 Å². The zero-order chi connectivity index (χ0) is 22.1. The van der Waals surface area contributed by atoms with Crippen molar-refractivity contribution in [1.29, 1.82) is 0 Å². The maximum absolute atomic E-state index is 13.4. The van der Waals surface area contributed by atoms with Gasteiger partial charge in [0.1, 0.15) is 15.8 Å². The van der Waals surface area contributed by atoms with Crippen LogP contribution in [-0.2, 0) is 11.2 Å². The normalized spacial score (nSPS) is 18.5. The Bertz CT molecular complexity index is 1280. The second-order valence-electron chi connectivity index (χ2n) is 8.06. The van der Waals surface area contributed by atoms with E-state index in [0.29, 0.717) is 32.2 Å². The monoisotopic (exact) mass is 462 g/mol. The summed E-state index contributed by atoms with van der Waals surface area (Å²) in [5, 5.41) is 2.62. The van der Waals surface area contributed by atoms with Crippen LogP contribution in [0.3, 0.4) is 0 Å². The highest BCUT2D eigenvalue weighted by molar-refractivity contribution is 8.26. The van der Waals surface area contributed by atoms with E-state index in [9.17, 15) is 9.59 Å². The molecule has 1 amide bonds. The molecule has 2 aliphatic heterocycles. The lowest BCUT2D eigenvalue weighted by molar-refractivity contribution is -0.115. The van der Waals surface area contributed by atoms with Gasteiger partial charge in [0.05, 0.1) is 10.5 Å². The standard InChI is InChI=1S/C24H22N4O2S2/c29-22-19(32-24(31)26-22)15-18-21(25-20-8-4-5-11-28(20)23(18)30)27-12-9-17(10-13-27)14-16-6-2-1-3-7-16/h1-8,11,15,17H,9-10,12-14H2,(H,26,29,31)/b19-15-. The summed E-state index contributed by atoms with van der Waals surface area (Å²) in [4.78, 5) is 33.0. The minimum atomic E-state index is -0.273. The Morgan fingerprint density at radius 1 is 1.09 bits per heavy atom. The number of fused-ring (bicyclic) bond motifs is 1. The first-order valence-corrected chi connectivity index (χ1v) is 11.9. The number of piperidine rings is 1. The zero-order valence-electron chi connectivity index (χ0n) is 17.4. The average Bonchev–Trinajstić information content (AvgIpc) is 3.13. The number of nitrogens with zero attached hydrogens (tertiary/aromatic N) is 3. The Kier molecular flexibility index (Phi) is 5.80. The number of hydrogen-bond acceptors (Lipinski definition) is 6. The van der Waals surface area contributed by atoms with Crippen molar-refractivity contribution in [1.82, 2.24) is 14.7 Å². The fourth-order valence-electron chi connectivity index (χ4n) is 4.31. The van der Waals surface area contributed by atoms with Crippen LogP contribution in [-0.4, -0.2) is 32.7 Å². The molecule has 0 radical (unpaired) electrons. The van der Waals surface area contributed by atoms with Crippen LogP contribution in [0.5, 0.6) is 0 Å². The number of thiocarbonyl (C=S) groups is 1. The summed E-state index contributed by atoms with van der Waals surface area (Å²) < 4.78 is 1.92. The van der Waals surface area contributed by atoms with Crippen molar-refractivity contribution in [2.24, 2.45) is 5.92 Å². The van der Waals surface area contributed by atoms with Crippen molar-refractivity contribution < 1.29 is 4.79 Å². The molecule has 3 aromatic rings. The molecule has 1 N–H and O–H groups in total. The molecule has 2 aromatic heterocycles. The quantitative estimate of drug-likeness (QED) is 0.472. The molecule has 0 atom stereocenters. The minimum Gasteiger partial charge on any atom is -0.356 e. The molecular weight excluding hydrogens is 440 g/mol. The first-order chi connectivity index (χ1) is 15.6. The Morgan fingerprint density at radius 2 is 1.84 bits per heavy atom. The molecular formula is C24H22N4O2S2. The molecule has 2 saturated heterocycles. The number of carbonyl (C=O) groups is 1. The molecule has 0 saturated carbocycles. The van der Waals surface area contributed by atoms with Crippen molar-refractivity contribution in [3.8, 4) is 0 Å². The number of benzene rings is 1. The molecule has 162 valence electrons. The lowest BCUT2D eigenvalue weighted by Crippen LogP contribution is -2.37. The van der Waals surface area contributed by atoms with Gasteiger partial charge in [0.2, 0.25) is 0 Å². The highest BCUT2D eigenvalue weighted by Gasteiger charge is 2.27. The second kappa shape index (κ2) is 8.88. The van der Waals surface area contributed by atoms with Gasteiger partial charge < -0.3 is 10.2 Å². The van der Waals surface area contributed by atoms with Gasteiger partial charge in [0.25, 0.3) is 11.5 Å². The predicted molar refractivity (Wildman–Crippen MR) is 133 cm³/mol. The highest BCUT2D eigenvalue weighted by Crippen LogP contribution is 2.30. The van der Waals surface area contributed by atoms with Crippen molar-refractivity contribution in [3.63, 3.8) is 0 Å². The smallest absolute Gasteiger partial charge is 0.267 e. The van der Waals surface area contributed by atoms with E-state index in [-0.39, 0.29) is 11.5 Å². The lowest BCUT2D eigenvalue weighted by atomic mass is 9.90. The summed E-state index contributed by atoms with van der Waals surface area (Å²) in [5.74, 6) is 0.966. The van der Waals surface area contributed by atoms with E-state index >= 15 is 0 Å². The fraction of sp³-hybridized carbons (Fsp3) is 0.250. The van der Waals surface area contributed by atoms with E-state index in [4.69, 9.17) is 17.2 Å². The number of amides is 1. The number of thioether (sulfide) groups is 1. The number of rotatable bonds is 4. The molecule has 0 unspecified atom stereocenters. The van der Waals surface area contributed by atoms with E-state index in [0.717, 1.165) is 32.4 Å². The van der Waals surface area contributed by atoms with Crippen LogP contribution >= 0.6 is 24.0 Å². The zero-order valence-corrected chi connectivity index (χ0v) is 19.0. The number of carbonyl (C=O) groups excluding carboxylic acids is 1. The molecule has 2 aliphatic rings. The van der Waals surface area contributed by atoms with Crippen LogP contribution in [0.15, 0.2) is 64.4 Å². The fourth-order valence-corrected chi connectivity index (χ4v) is 5.33. The minimum absolute atomic E-state index is 0.185. The van der Waals surface area contributed by atoms with Gasteiger partial charge in [0, 0.05) is 19.3 Å². The van der Waals surface area contributed by atoms with Crippen LogP contribution in [0.2, 0.25) is 0 Å². The third-order valence-corrected chi connectivity index (χ3v) is 7.11. The Hall–Kier alpha value is -2.97. The van der Waals surface area contributed by atoms with E-state index in [1.165, 1.54) is 21.7 Å². The summed E-state index contributed by atoms with van der Waals surface area (Å²) in [6, 6.07) is 16.1. The number of nitrogens with one attached hydrogen (secondary N) is 1. The second-order valence-corrected chi connectivity index (χ2v) is 9.77. The molecule has 5 rings (SSSR count). The third-order valence-electron chi connectivity index (χ3n) is 5.95. The number of aromatic nitrogens is 2. The first kappa shape index (κ1) is 20.9. The van der Waals surface area contributed by atoms with Crippen LogP contribution in [0.1, 0.15) is 24.0 Å². The molecule has 1 aromatic carbocycles. The van der Waals surface area contributed by atoms with Gasteiger partial charge in [-0.3, -0.25) is 14.0 Å². The highest BCUT2D eigenvalue weighted by atomic mass is 32.2. The summed E-state index contributed by atoms with van der Waals surface area (Å²) in [7, 11) is 0. The summed E-state index contributed by atoms with van der Waals surface area (Å²) in [5.41, 5.74) is 2.20. The van der Waals surface area contributed by atoms with Crippen LogP contribution in [0.4, 0.5) is 5.82 Å². The summed E-state index contributed by atoms with van der Waals surface area (Å²) >= 11 is 6.28. The van der Waals surface area contributed by atoms with E-state index in [1.807, 2.05) is 18.2 Å². The van der Waals surface area contributed by atoms with Crippen molar-refractivity contribution in [2.75, 3.05) is 18.0 Å². The Labute approximate surface area is 195 Å². The van der Waals surface area contributed by atoms with Crippen molar-refractivity contribution in [3.05, 3.63) is 81.1 Å². The van der Waals surface area contributed by atoms with Crippen LogP contribution in [0.25, 0.3) is 11.7 Å². The van der Waals surface area contributed by atoms with Crippen molar-refractivity contribution in [2.45, 2.75) is 19.3 Å². The maximum atomic E-state index is 13.4. The number of anilines is 1. The van der Waals surface area contributed by atoms with Gasteiger partial charge >= 0.3 is 0 Å². The van der Waals surface area contributed by atoms with Gasteiger partial charge in [-0.2, -0.15) is 0 Å². The van der Waals surface area contributed by atoms with E-state index in [1.54, 1.807) is 18.3 Å².